The molecule has 3 rings (SSSR count). The summed E-state index contributed by atoms with van der Waals surface area (Å²) in [5.41, 5.74) is -0.390. The Balaban J connectivity index is 1.88. The van der Waals surface area contributed by atoms with Crippen molar-refractivity contribution in [1.29, 1.82) is 0 Å². The molecule has 0 unspecified atom stereocenters. The van der Waals surface area contributed by atoms with Crippen LogP contribution in [0, 0.1) is 12.8 Å². The van der Waals surface area contributed by atoms with Gasteiger partial charge in [-0.1, -0.05) is 44.2 Å². The molecule has 272 valence electrons. The maximum absolute atomic E-state index is 14.0. The Labute approximate surface area is 294 Å². The van der Waals surface area contributed by atoms with Gasteiger partial charge in [0, 0.05) is 42.8 Å². The fourth-order valence-corrected chi connectivity index (χ4v) is 6.55. The van der Waals surface area contributed by atoms with Crippen molar-refractivity contribution in [2.24, 2.45) is 5.92 Å². The van der Waals surface area contributed by atoms with Crippen molar-refractivity contribution < 1.29 is 34.1 Å². The summed E-state index contributed by atoms with van der Waals surface area (Å²) in [7, 11) is 0. The fraction of sp³-hybridized carbons (Fsp3) is 0.629. The molecule has 2 heterocycles. The summed E-state index contributed by atoms with van der Waals surface area (Å²) in [6.45, 7) is 16.9. The minimum Gasteiger partial charge on any atom is -0.465 e. The topological polar surface area (TPSA) is 165 Å². The van der Waals surface area contributed by atoms with Crippen molar-refractivity contribution in [3.05, 3.63) is 52.0 Å². The standard InChI is InChI=1S/C35H54N6O7S/c1-22(2)29(41(32(45)46)19-25-18-36-23(3)49-25)31(44)37-26(17-24-13-11-10-12-14-24)28(42)21-39-15-16-40(33(47)48-35(7,8)9)20-27(39)30(43)38-34(4,5)6/h10-14,18,22,26-29,42H,15-17,19-21H2,1-9H3,(H,37,44)(H,38,43)(H,45,46)/t26-,27-,28+,29-/m0/s1. The van der Waals surface area contributed by atoms with Crippen LogP contribution in [0.15, 0.2) is 36.5 Å². The molecule has 1 aromatic carbocycles. The van der Waals surface area contributed by atoms with E-state index in [2.05, 4.69) is 15.6 Å². The number of aliphatic hydroxyl groups is 1. The molecule has 1 saturated heterocycles. The maximum Gasteiger partial charge on any atom is 0.410 e. The van der Waals surface area contributed by atoms with Gasteiger partial charge in [0.25, 0.3) is 0 Å². The second-order valence-corrected chi connectivity index (χ2v) is 16.3. The van der Waals surface area contributed by atoms with E-state index >= 15 is 0 Å². The number of aromatic nitrogens is 1. The molecular weight excluding hydrogens is 648 g/mol. The highest BCUT2D eigenvalue weighted by Gasteiger charge is 2.40. The molecule has 0 saturated carbocycles. The first-order valence-electron chi connectivity index (χ1n) is 16.7. The van der Waals surface area contributed by atoms with Gasteiger partial charge in [-0.15, -0.1) is 11.3 Å². The van der Waals surface area contributed by atoms with E-state index in [4.69, 9.17) is 4.74 Å². The Morgan fingerprint density at radius 3 is 2.27 bits per heavy atom. The lowest BCUT2D eigenvalue weighted by Crippen LogP contribution is -2.64. The number of ether oxygens (including phenoxy) is 1. The quantitative estimate of drug-likeness (QED) is 0.257. The van der Waals surface area contributed by atoms with E-state index in [1.165, 1.54) is 16.2 Å². The maximum atomic E-state index is 14.0. The summed E-state index contributed by atoms with van der Waals surface area (Å²) in [4.78, 5) is 62.4. The van der Waals surface area contributed by atoms with E-state index in [1.54, 1.807) is 40.8 Å². The number of hydrogen-bond acceptors (Lipinski definition) is 9. The molecule has 1 aliphatic rings. The molecular formula is C35H54N6O7S. The van der Waals surface area contributed by atoms with Crippen LogP contribution >= 0.6 is 11.3 Å². The van der Waals surface area contributed by atoms with E-state index in [-0.39, 0.29) is 51.0 Å². The first-order valence-corrected chi connectivity index (χ1v) is 17.5. The predicted octanol–water partition coefficient (Wildman–Crippen LogP) is 3.88. The van der Waals surface area contributed by atoms with Gasteiger partial charge in [0.1, 0.15) is 17.7 Å². The Morgan fingerprint density at radius 2 is 1.73 bits per heavy atom. The summed E-state index contributed by atoms with van der Waals surface area (Å²) in [6.07, 6.45) is -1.04. The van der Waals surface area contributed by atoms with Crippen molar-refractivity contribution in [2.75, 3.05) is 26.2 Å². The van der Waals surface area contributed by atoms with E-state index in [9.17, 15) is 29.4 Å². The third-order valence-corrected chi connectivity index (χ3v) is 8.83. The number of nitrogens with zero attached hydrogens (tertiary/aromatic N) is 4. The van der Waals surface area contributed by atoms with Crippen molar-refractivity contribution >= 4 is 35.3 Å². The minimum absolute atomic E-state index is 0.00446. The van der Waals surface area contributed by atoms with Gasteiger partial charge < -0.3 is 30.5 Å². The van der Waals surface area contributed by atoms with E-state index in [1.807, 2.05) is 62.9 Å². The lowest BCUT2D eigenvalue weighted by Gasteiger charge is -2.43. The van der Waals surface area contributed by atoms with Crippen molar-refractivity contribution in [3.63, 3.8) is 0 Å². The van der Waals surface area contributed by atoms with Crippen LogP contribution in [0.3, 0.4) is 0 Å². The molecule has 0 radical (unpaired) electrons. The molecule has 0 spiro atoms. The number of benzene rings is 1. The molecule has 4 amide bonds. The number of rotatable bonds is 12. The zero-order valence-corrected chi connectivity index (χ0v) is 31.0. The summed E-state index contributed by atoms with van der Waals surface area (Å²) in [5, 5.41) is 28.8. The molecule has 49 heavy (non-hydrogen) atoms. The van der Waals surface area contributed by atoms with E-state index < -0.39 is 53.5 Å². The number of carbonyl (C=O) groups is 4. The summed E-state index contributed by atoms with van der Waals surface area (Å²) in [6, 6.07) is 6.71. The minimum atomic E-state index is -1.24. The van der Waals surface area contributed by atoms with Gasteiger partial charge in [-0.2, -0.15) is 0 Å². The molecule has 1 aromatic heterocycles. The number of thiazole rings is 1. The summed E-state index contributed by atoms with van der Waals surface area (Å²) < 4.78 is 5.58. The Bertz CT molecular complexity index is 1420. The van der Waals surface area contributed by atoms with Crippen molar-refractivity contribution in [1.82, 2.24) is 30.3 Å². The number of piperazine rings is 1. The normalized spacial score (nSPS) is 17.6. The van der Waals surface area contributed by atoms with Gasteiger partial charge in [0.15, 0.2) is 0 Å². The number of β-amino-alcohol motifs (C(OH)–C–C–N with tert-alkyl or cyclic N) is 1. The van der Waals surface area contributed by atoms with Crippen LogP contribution in [0.2, 0.25) is 0 Å². The summed E-state index contributed by atoms with van der Waals surface area (Å²) in [5.74, 6) is -1.21. The largest absolute Gasteiger partial charge is 0.465 e. The molecule has 1 fully saturated rings. The molecule has 14 heteroatoms. The van der Waals surface area contributed by atoms with E-state index in [0.29, 0.717) is 4.88 Å². The molecule has 0 aliphatic carbocycles. The van der Waals surface area contributed by atoms with Gasteiger partial charge in [0.2, 0.25) is 11.8 Å². The summed E-state index contributed by atoms with van der Waals surface area (Å²) >= 11 is 1.37. The fourth-order valence-electron chi connectivity index (χ4n) is 5.76. The monoisotopic (exact) mass is 702 g/mol. The van der Waals surface area contributed by atoms with Gasteiger partial charge in [-0.05, 0) is 66.4 Å². The Kier molecular flexibility index (Phi) is 13.6. The van der Waals surface area contributed by atoms with Crippen molar-refractivity contribution in [2.45, 2.75) is 111 Å². The number of carboxylic acid groups (broad SMARTS) is 1. The molecule has 4 N–H and O–H groups in total. The highest BCUT2D eigenvalue weighted by Crippen LogP contribution is 2.22. The third-order valence-electron chi connectivity index (χ3n) is 7.93. The lowest BCUT2D eigenvalue weighted by atomic mass is 9.97. The van der Waals surface area contributed by atoms with Crippen LogP contribution in [-0.4, -0.2) is 115 Å². The lowest BCUT2D eigenvalue weighted by molar-refractivity contribution is -0.132. The number of aliphatic hydroxyl groups excluding tert-OH is 1. The Morgan fingerprint density at radius 1 is 1.08 bits per heavy atom. The second-order valence-electron chi connectivity index (χ2n) is 15.0. The number of carbonyl (C=O) groups excluding carboxylic acids is 3. The highest BCUT2D eigenvalue weighted by atomic mass is 32.1. The number of nitrogens with one attached hydrogen (secondary N) is 2. The van der Waals surface area contributed by atoms with Crippen LogP contribution in [0.1, 0.15) is 70.8 Å². The second kappa shape index (κ2) is 16.8. The first kappa shape index (κ1) is 39.7. The van der Waals surface area contributed by atoms with Gasteiger partial charge in [-0.25, -0.2) is 14.6 Å². The zero-order valence-electron chi connectivity index (χ0n) is 30.2. The molecule has 0 bridgehead atoms. The SMILES string of the molecule is Cc1ncc(CN(C(=O)O)[C@H](C(=O)N[C@@H](Cc2ccccc2)[C@H](O)CN2CCN(C(=O)OC(C)(C)C)C[C@H]2C(=O)NC(C)(C)C)C(C)C)s1. The molecule has 13 nitrogen and oxygen atoms in total. The van der Waals surface area contributed by atoms with Crippen LogP contribution in [0.25, 0.3) is 0 Å². The number of amides is 4. The van der Waals surface area contributed by atoms with Crippen LogP contribution in [0.5, 0.6) is 0 Å². The van der Waals surface area contributed by atoms with Gasteiger partial charge >= 0.3 is 12.2 Å². The average molecular weight is 703 g/mol. The molecule has 4 atom stereocenters. The third kappa shape index (κ3) is 12.3. The molecule has 1 aliphatic heterocycles. The van der Waals surface area contributed by atoms with E-state index in [0.717, 1.165) is 15.5 Å². The van der Waals surface area contributed by atoms with Gasteiger partial charge in [-0.3, -0.25) is 19.4 Å². The molecule has 2 aromatic rings. The number of aryl methyl sites for hydroxylation is 1. The van der Waals surface area contributed by atoms with Gasteiger partial charge in [0.05, 0.1) is 23.7 Å². The zero-order chi connectivity index (χ0) is 36.7. The van der Waals surface area contributed by atoms with Crippen LogP contribution < -0.4 is 10.6 Å². The average Bonchev–Trinajstić information content (AvgIpc) is 3.39. The van der Waals surface area contributed by atoms with Crippen LogP contribution in [0.4, 0.5) is 9.59 Å². The first-order chi connectivity index (χ1) is 22.7. The predicted molar refractivity (Wildman–Crippen MR) is 188 cm³/mol. The van der Waals surface area contributed by atoms with Crippen LogP contribution in [-0.2, 0) is 27.3 Å². The van der Waals surface area contributed by atoms with Crippen molar-refractivity contribution in [3.8, 4) is 0 Å². The highest BCUT2D eigenvalue weighted by molar-refractivity contribution is 7.11. The smallest absolute Gasteiger partial charge is 0.410 e. The Hall–Kier alpha value is -3.75. The number of hydrogen-bond donors (Lipinski definition) is 4.